The molecule has 0 saturated carbocycles. The molecule has 4 rings (SSSR count). The standard InChI is InChI=1S/C20H17N3O3S2/c1-26-17-10-5-7-15(13-17)22-28(24,25)19-14-23(16-8-3-2-4-9-16)21-20(19)18-11-6-12-27-18/h2-14,22H,1H3. The molecule has 0 radical (unpaired) electrons. The molecular formula is C20H17N3O3S2. The molecule has 0 spiro atoms. The lowest BCUT2D eigenvalue weighted by Crippen LogP contribution is -2.13. The summed E-state index contributed by atoms with van der Waals surface area (Å²) in [6, 6.07) is 19.9. The summed E-state index contributed by atoms with van der Waals surface area (Å²) in [5, 5.41) is 6.44. The summed E-state index contributed by atoms with van der Waals surface area (Å²) in [5.41, 5.74) is 1.61. The van der Waals surface area contributed by atoms with Gasteiger partial charge in [-0.05, 0) is 35.7 Å². The highest BCUT2D eigenvalue weighted by molar-refractivity contribution is 7.92. The number of rotatable bonds is 6. The molecule has 142 valence electrons. The molecule has 0 atom stereocenters. The fraction of sp³-hybridized carbons (Fsp3) is 0.0500. The van der Waals surface area contributed by atoms with Crippen molar-refractivity contribution >= 4 is 27.0 Å². The summed E-state index contributed by atoms with van der Waals surface area (Å²) in [6.07, 6.45) is 1.53. The SMILES string of the molecule is COc1cccc(NS(=O)(=O)c2cn(-c3ccccc3)nc2-c2cccs2)c1. The van der Waals surface area contributed by atoms with Gasteiger partial charge in [0.15, 0.2) is 0 Å². The molecule has 4 aromatic rings. The Bertz CT molecular complexity index is 1180. The van der Waals surface area contributed by atoms with Crippen LogP contribution in [0.15, 0.2) is 83.2 Å². The van der Waals surface area contributed by atoms with Crippen LogP contribution in [-0.4, -0.2) is 25.3 Å². The highest BCUT2D eigenvalue weighted by Gasteiger charge is 2.25. The summed E-state index contributed by atoms with van der Waals surface area (Å²) in [5.74, 6) is 0.568. The molecule has 0 aliphatic rings. The summed E-state index contributed by atoms with van der Waals surface area (Å²) < 4.78 is 35.7. The van der Waals surface area contributed by atoms with Crippen LogP contribution in [-0.2, 0) is 10.0 Å². The van der Waals surface area contributed by atoms with E-state index in [0.29, 0.717) is 17.1 Å². The minimum Gasteiger partial charge on any atom is -0.497 e. The number of nitrogens with one attached hydrogen (secondary N) is 1. The Morgan fingerprint density at radius 1 is 1.04 bits per heavy atom. The van der Waals surface area contributed by atoms with Gasteiger partial charge in [-0.2, -0.15) is 5.10 Å². The van der Waals surface area contributed by atoms with Crippen LogP contribution in [0.1, 0.15) is 0 Å². The minimum atomic E-state index is -3.86. The van der Waals surface area contributed by atoms with Crippen LogP contribution in [0.25, 0.3) is 16.3 Å². The minimum absolute atomic E-state index is 0.113. The molecule has 0 aliphatic heterocycles. The van der Waals surface area contributed by atoms with Gasteiger partial charge in [0.05, 0.1) is 29.6 Å². The van der Waals surface area contributed by atoms with Gasteiger partial charge in [0, 0.05) is 6.07 Å². The zero-order valence-corrected chi connectivity index (χ0v) is 16.6. The van der Waals surface area contributed by atoms with Crippen molar-refractivity contribution in [2.45, 2.75) is 4.90 Å². The van der Waals surface area contributed by atoms with Crippen LogP contribution in [0, 0.1) is 0 Å². The van der Waals surface area contributed by atoms with Crippen LogP contribution in [0.2, 0.25) is 0 Å². The van der Waals surface area contributed by atoms with E-state index >= 15 is 0 Å². The fourth-order valence-electron chi connectivity index (χ4n) is 2.75. The molecule has 2 aromatic heterocycles. The lowest BCUT2D eigenvalue weighted by molar-refractivity contribution is 0.415. The number of benzene rings is 2. The number of sulfonamides is 1. The smallest absolute Gasteiger partial charge is 0.265 e. The van der Waals surface area contributed by atoms with Gasteiger partial charge in [-0.25, -0.2) is 13.1 Å². The van der Waals surface area contributed by atoms with Gasteiger partial charge in [0.2, 0.25) is 0 Å². The van der Waals surface area contributed by atoms with Gasteiger partial charge in [-0.15, -0.1) is 11.3 Å². The molecule has 6 nitrogen and oxygen atoms in total. The second-order valence-electron chi connectivity index (χ2n) is 5.94. The third kappa shape index (κ3) is 3.64. The van der Waals surface area contributed by atoms with Crippen LogP contribution in [0.5, 0.6) is 5.75 Å². The van der Waals surface area contributed by atoms with Crippen molar-refractivity contribution < 1.29 is 13.2 Å². The first kappa shape index (κ1) is 18.3. The van der Waals surface area contributed by atoms with Gasteiger partial charge in [0.25, 0.3) is 10.0 Å². The fourth-order valence-corrected chi connectivity index (χ4v) is 4.73. The molecule has 28 heavy (non-hydrogen) atoms. The number of anilines is 1. The predicted octanol–water partition coefficient (Wildman–Crippen LogP) is 4.41. The van der Waals surface area contributed by atoms with Crippen molar-refractivity contribution in [3.63, 3.8) is 0 Å². The number of thiophene rings is 1. The van der Waals surface area contributed by atoms with Crippen molar-refractivity contribution in [2.24, 2.45) is 0 Å². The lowest BCUT2D eigenvalue weighted by Gasteiger charge is -2.08. The number of hydrogen-bond donors (Lipinski definition) is 1. The third-order valence-corrected chi connectivity index (χ3v) is 6.33. The number of hydrogen-bond acceptors (Lipinski definition) is 5. The van der Waals surface area contributed by atoms with Gasteiger partial charge in [0.1, 0.15) is 16.3 Å². The average Bonchev–Trinajstić information content (AvgIpc) is 3.38. The normalized spacial score (nSPS) is 11.3. The van der Waals surface area contributed by atoms with E-state index in [1.165, 1.54) is 24.6 Å². The molecular weight excluding hydrogens is 394 g/mol. The molecule has 0 aliphatic carbocycles. The van der Waals surface area contributed by atoms with Gasteiger partial charge >= 0.3 is 0 Å². The van der Waals surface area contributed by atoms with E-state index in [4.69, 9.17) is 4.74 Å². The molecule has 0 fully saturated rings. The van der Waals surface area contributed by atoms with Crippen molar-refractivity contribution in [3.8, 4) is 22.0 Å². The molecule has 0 saturated heterocycles. The molecule has 2 aromatic carbocycles. The highest BCUT2D eigenvalue weighted by Crippen LogP contribution is 2.32. The van der Waals surface area contributed by atoms with Gasteiger partial charge in [-0.3, -0.25) is 4.72 Å². The Morgan fingerprint density at radius 2 is 1.86 bits per heavy atom. The zero-order valence-electron chi connectivity index (χ0n) is 14.9. The molecule has 1 N–H and O–H groups in total. The summed E-state index contributed by atoms with van der Waals surface area (Å²) in [4.78, 5) is 0.891. The van der Waals surface area contributed by atoms with Crippen LogP contribution < -0.4 is 9.46 Å². The lowest BCUT2D eigenvalue weighted by atomic mass is 10.3. The summed E-state index contributed by atoms with van der Waals surface area (Å²) >= 11 is 1.44. The van der Waals surface area contributed by atoms with E-state index in [0.717, 1.165) is 10.6 Å². The second kappa shape index (κ2) is 7.49. The average molecular weight is 412 g/mol. The first-order valence-corrected chi connectivity index (χ1v) is 10.8. The van der Waals surface area contributed by atoms with Crippen molar-refractivity contribution in [1.29, 1.82) is 0 Å². The summed E-state index contributed by atoms with van der Waals surface area (Å²) in [7, 11) is -2.33. The molecule has 0 amide bonds. The number of nitrogens with zero attached hydrogens (tertiary/aromatic N) is 2. The Morgan fingerprint density at radius 3 is 2.57 bits per heavy atom. The number of methoxy groups -OCH3 is 1. The maximum atomic E-state index is 13.2. The van der Waals surface area contributed by atoms with Crippen LogP contribution >= 0.6 is 11.3 Å². The topological polar surface area (TPSA) is 73.2 Å². The molecule has 2 heterocycles. The summed E-state index contributed by atoms with van der Waals surface area (Å²) in [6.45, 7) is 0. The van der Waals surface area contributed by atoms with E-state index in [1.54, 1.807) is 28.9 Å². The van der Waals surface area contributed by atoms with Crippen LogP contribution in [0.4, 0.5) is 5.69 Å². The third-order valence-electron chi connectivity index (χ3n) is 4.07. The monoisotopic (exact) mass is 411 g/mol. The highest BCUT2D eigenvalue weighted by atomic mass is 32.2. The zero-order chi connectivity index (χ0) is 19.6. The van der Waals surface area contributed by atoms with Gasteiger partial charge in [-0.1, -0.05) is 30.3 Å². The maximum Gasteiger partial charge on any atom is 0.265 e. The number of aromatic nitrogens is 2. The van der Waals surface area contributed by atoms with E-state index in [1.807, 2.05) is 47.8 Å². The van der Waals surface area contributed by atoms with Crippen molar-refractivity contribution in [2.75, 3.05) is 11.8 Å². The van der Waals surface area contributed by atoms with E-state index in [2.05, 4.69) is 9.82 Å². The Labute approximate surface area is 167 Å². The van der Waals surface area contributed by atoms with Crippen molar-refractivity contribution in [1.82, 2.24) is 9.78 Å². The van der Waals surface area contributed by atoms with Crippen molar-refractivity contribution in [3.05, 3.63) is 78.3 Å². The van der Waals surface area contributed by atoms with Gasteiger partial charge < -0.3 is 4.74 Å². The first-order valence-electron chi connectivity index (χ1n) is 8.43. The molecule has 0 unspecified atom stereocenters. The Balaban J connectivity index is 1.79. The first-order chi connectivity index (χ1) is 13.6. The largest absolute Gasteiger partial charge is 0.497 e. The van der Waals surface area contributed by atoms with E-state index in [-0.39, 0.29) is 4.90 Å². The number of para-hydroxylation sites is 1. The quantitative estimate of drug-likeness (QED) is 0.510. The molecule has 0 bridgehead atoms. The predicted molar refractivity (Wildman–Crippen MR) is 111 cm³/mol. The van der Waals surface area contributed by atoms with E-state index < -0.39 is 10.0 Å². The number of ether oxygens (including phenoxy) is 1. The second-order valence-corrected chi connectivity index (χ2v) is 8.54. The Kier molecular flexibility index (Phi) is 4.89. The Hall–Kier alpha value is -3.10. The van der Waals surface area contributed by atoms with E-state index in [9.17, 15) is 8.42 Å². The molecule has 8 heteroatoms. The maximum absolute atomic E-state index is 13.2. The van der Waals surface area contributed by atoms with Crippen LogP contribution in [0.3, 0.4) is 0 Å².